The van der Waals surface area contributed by atoms with Gasteiger partial charge in [-0.2, -0.15) is 0 Å². The van der Waals surface area contributed by atoms with Crippen LogP contribution in [0.15, 0.2) is 56.4 Å². The van der Waals surface area contributed by atoms with Gasteiger partial charge in [-0.3, -0.25) is 0 Å². The third kappa shape index (κ3) is 3.64. The van der Waals surface area contributed by atoms with Crippen molar-refractivity contribution in [2.75, 3.05) is 44.7 Å². The highest BCUT2D eigenvalue weighted by Crippen LogP contribution is 2.42. The monoisotopic (exact) mass is 395 g/mol. The third-order valence-corrected chi connectivity index (χ3v) is 5.20. The lowest BCUT2D eigenvalue weighted by molar-refractivity contribution is -0.908. The topological polar surface area (TPSA) is 90.9 Å². The number of ether oxygens (including phenoxy) is 1. The number of furan rings is 3. The van der Waals surface area contributed by atoms with Gasteiger partial charge in [-0.05, 0) is 24.3 Å². The average molecular weight is 395 g/mol. The van der Waals surface area contributed by atoms with Gasteiger partial charge in [0, 0.05) is 13.0 Å². The lowest BCUT2D eigenvalue weighted by Crippen LogP contribution is -3.14. The van der Waals surface area contributed by atoms with Gasteiger partial charge in [0.1, 0.15) is 31.0 Å². The number of anilines is 1. The molecule has 150 valence electrons. The van der Waals surface area contributed by atoms with E-state index in [0.717, 1.165) is 62.6 Å². The van der Waals surface area contributed by atoms with Crippen molar-refractivity contribution in [3.63, 3.8) is 0 Å². The molecule has 0 unspecified atom stereocenters. The van der Waals surface area contributed by atoms with Gasteiger partial charge in [0.2, 0.25) is 5.71 Å². The molecule has 0 aromatic carbocycles. The fourth-order valence-electron chi connectivity index (χ4n) is 3.76. The molecular weight excluding hydrogens is 372 g/mol. The molecule has 0 bridgehead atoms. The molecule has 4 aromatic rings. The summed E-state index contributed by atoms with van der Waals surface area (Å²) in [5.74, 6) is 2.63. The van der Waals surface area contributed by atoms with E-state index in [0.29, 0.717) is 23.0 Å². The Morgan fingerprint density at radius 1 is 1.00 bits per heavy atom. The van der Waals surface area contributed by atoms with Gasteiger partial charge in [0.25, 0.3) is 0 Å². The van der Waals surface area contributed by atoms with Crippen molar-refractivity contribution < 1.29 is 22.9 Å². The molecule has 0 saturated carbocycles. The predicted molar refractivity (Wildman–Crippen MR) is 107 cm³/mol. The highest BCUT2D eigenvalue weighted by molar-refractivity contribution is 6.04. The van der Waals surface area contributed by atoms with Crippen LogP contribution in [0.5, 0.6) is 0 Å². The molecule has 1 fully saturated rings. The number of hydrogen-bond acceptors (Lipinski definition) is 7. The van der Waals surface area contributed by atoms with Crippen LogP contribution in [-0.4, -0.2) is 49.4 Å². The van der Waals surface area contributed by atoms with Gasteiger partial charge in [0.15, 0.2) is 11.5 Å². The average Bonchev–Trinajstić information content (AvgIpc) is 3.52. The first-order valence-corrected chi connectivity index (χ1v) is 9.90. The molecule has 4 aromatic heterocycles. The predicted octanol–water partition coefficient (Wildman–Crippen LogP) is 2.46. The minimum absolute atomic E-state index is 0.499. The van der Waals surface area contributed by atoms with Crippen molar-refractivity contribution in [3.8, 4) is 22.8 Å². The molecule has 0 radical (unpaired) electrons. The van der Waals surface area contributed by atoms with E-state index >= 15 is 0 Å². The molecule has 1 saturated heterocycles. The lowest BCUT2D eigenvalue weighted by Gasteiger charge is -2.23. The number of hydrogen-bond donors (Lipinski definition) is 2. The molecule has 5 rings (SSSR count). The first kappa shape index (κ1) is 18.0. The van der Waals surface area contributed by atoms with Crippen molar-refractivity contribution >= 4 is 16.9 Å². The van der Waals surface area contributed by atoms with Gasteiger partial charge >= 0.3 is 0 Å². The molecule has 0 aliphatic carbocycles. The number of rotatable bonds is 7. The van der Waals surface area contributed by atoms with Crippen LogP contribution in [0, 0.1) is 0 Å². The molecule has 5 heterocycles. The molecule has 1 aliphatic heterocycles. The van der Waals surface area contributed by atoms with Crippen molar-refractivity contribution in [2.45, 2.75) is 6.42 Å². The van der Waals surface area contributed by atoms with Crippen molar-refractivity contribution in [1.29, 1.82) is 0 Å². The fourth-order valence-corrected chi connectivity index (χ4v) is 3.76. The second-order valence-corrected chi connectivity index (χ2v) is 7.06. The van der Waals surface area contributed by atoms with E-state index in [2.05, 4.69) is 15.3 Å². The number of fused-ring (bicyclic) bond motifs is 1. The number of nitrogens with zero attached hydrogens (tertiary/aromatic N) is 2. The van der Waals surface area contributed by atoms with Gasteiger partial charge in [0.05, 0.1) is 43.2 Å². The van der Waals surface area contributed by atoms with Gasteiger partial charge in [-0.15, -0.1) is 0 Å². The van der Waals surface area contributed by atoms with E-state index in [4.69, 9.17) is 18.0 Å². The maximum Gasteiger partial charge on any atom is 0.232 e. The van der Waals surface area contributed by atoms with Crippen molar-refractivity contribution in [1.82, 2.24) is 9.97 Å². The van der Waals surface area contributed by atoms with Crippen LogP contribution in [0.4, 0.5) is 5.82 Å². The van der Waals surface area contributed by atoms with Gasteiger partial charge < -0.3 is 28.2 Å². The quantitative estimate of drug-likeness (QED) is 0.465. The zero-order valence-corrected chi connectivity index (χ0v) is 16.0. The van der Waals surface area contributed by atoms with Crippen LogP contribution in [0.2, 0.25) is 0 Å². The molecule has 0 spiro atoms. The van der Waals surface area contributed by atoms with Crippen molar-refractivity contribution in [2.24, 2.45) is 0 Å². The largest absolute Gasteiger partial charge is 0.464 e. The van der Waals surface area contributed by atoms with Gasteiger partial charge in [-0.25, -0.2) is 9.97 Å². The minimum atomic E-state index is 0.499. The lowest BCUT2D eigenvalue weighted by atomic mass is 10.1. The summed E-state index contributed by atoms with van der Waals surface area (Å²) in [5, 5.41) is 4.26. The summed E-state index contributed by atoms with van der Waals surface area (Å²) >= 11 is 0. The van der Waals surface area contributed by atoms with Gasteiger partial charge in [-0.1, -0.05) is 0 Å². The number of aromatic nitrogens is 2. The standard InChI is InChI=1S/C21H22N4O4/c1-4-15(27-10-1)17-18-20(22-6-3-7-25-8-12-26-13-9-25)23-14-24-21(18)29-19(17)16-5-2-11-28-16/h1-2,4-5,10-11,14H,3,6-9,12-13H2,(H,22,23,24)/p+1. The second kappa shape index (κ2) is 8.10. The Bertz CT molecular complexity index is 1050. The third-order valence-electron chi connectivity index (χ3n) is 5.20. The van der Waals surface area contributed by atoms with E-state index in [1.165, 1.54) is 6.33 Å². The van der Waals surface area contributed by atoms with Crippen LogP contribution < -0.4 is 10.2 Å². The van der Waals surface area contributed by atoms with Crippen LogP contribution in [0.1, 0.15) is 6.42 Å². The molecule has 8 nitrogen and oxygen atoms in total. The summed E-state index contributed by atoms with van der Waals surface area (Å²) in [6.45, 7) is 5.79. The molecule has 1 aliphatic rings. The zero-order valence-electron chi connectivity index (χ0n) is 16.0. The fraction of sp³-hybridized carbons (Fsp3) is 0.333. The highest BCUT2D eigenvalue weighted by atomic mass is 16.5. The smallest absolute Gasteiger partial charge is 0.232 e. The Balaban J connectivity index is 1.43. The zero-order chi connectivity index (χ0) is 19.5. The Labute approximate surface area is 167 Å². The minimum Gasteiger partial charge on any atom is -0.464 e. The highest BCUT2D eigenvalue weighted by Gasteiger charge is 2.25. The Morgan fingerprint density at radius 3 is 2.55 bits per heavy atom. The van der Waals surface area contributed by atoms with E-state index in [9.17, 15) is 0 Å². The molecular formula is C21H23N4O4+. The van der Waals surface area contributed by atoms with Crippen LogP contribution in [0.3, 0.4) is 0 Å². The summed E-state index contributed by atoms with van der Waals surface area (Å²) < 4.78 is 22.7. The summed E-state index contributed by atoms with van der Waals surface area (Å²) in [4.78, 5) is 10.4. The van der Waals surface area contributed by atoms with E-state index in [1.54, 1.807) is 17.4 Å². The Morgan fingerprint density at radius 2 is 1.79 bits per heavy atom. The van der Waals surface area contributed by atoms with E-state index in [1.807, 2.05) is 24.3 Å². The Hall–Kier alpha value is -3.10. The molecule has 8 heteroatoms. The summed E-state index contributed by atoms with van der Waals surface area (Å²) in [6.07, 6.45) is 5.81. The molecule has 29 heavy (non-hydrogen) atoms. The van der Waals surface area contributed by atoms with Crippen LogP contribution in [0.25, 0.3) is 33.9 Å². The van der Waals surface area contributed by atoms with Crippen LogP contribution in [-0.2, 0) is 4.74 Å². The number of quaternary nitrogens is 1. The summed E-state index contributed by atoms with van der Waals surface area (Å²) in [5.41, 5.74) is 1.29. The summed E-state index contributed by atoms with van der Waals surface area (Å²) in [7, 11) is 0. The Kier molecular flexibility index (Phi) is 5.02. The second-order valence-electron chi connectivity index (χ2n) is 7.06. The number of nitrogens with one attached hydrogen (secondary N) is 2. The normalized spacial score (nSPS) is 15.2. The number of morpholine rings is 1. The SMILES string of the molecule is c1coc(-c2oc3ncnc(NCCC[NH+]4CCOCC4)c3c2-c2ccco2)c1. The van der Waals surface area contributed by atoms with E-state index < -0.39 is 0 Å². The maximum atomic E-state index is 6.05. The first-order chi connectivity index (χ1) is 14.4. The first-order valence-electron chi connectivity index (χ1n) is 9.90. The molecule has 0 amide bonds. The molecule has 0 atom stereocenters. The van der Waals surface area contributed by atoms with Crippen LogP contribution >= 0.6 is 0 Å². The maximum absolute atomic E-state index is 6.05. The summed E-state index contributed by atoms with van der Waals surface area (Å²) in [6, 6.07) is 7.43. The molecule has 2 N–H and O–H groups in total. The van der Waals surface area contributed by atoms with Crippen molar-refractivity contribution in [3.05, 3.63) is 43.1 Å². The van der Waals surface area contributed by atoms with E-state index in [-0.39, 0.29) is 0 Å².